The number of hydrogen-bond acceptors (Lipinski definition) is 2. The molecule has 0 aliphatic rings. The maximum atomic E-state index is 12.9. The lowest BCUT2D eigenvalue weighted by Gasteiger charge is -2.06. The maximum absolute atomic E-state index is 12.9. The Morgan fingerprint density at radius 2 is 1.72 bits per heavy atom. The van der Waals surface area contributed by atoms with Crippen LogP contribution in [0.2, 0.25) is 0 Å². The van der Waals surface area contributed by atoms with Crippen molar-refractivity contribution in [2.45, 2.75) is 6.42 Å². The Morgan fingerprint density at radius 1 is 1.00 bits per heavy atom. The number of pyridine rings is 1. The minimum Gasteiger partial charge on any atom is -0.385 e. The fourth-order valence-corrected chi connectivity index (χ4v) is 1.62. The lowest BCUT2D eigenvalue weighted by Crippen LogP contribution is -2.05. The van der Waals surface area contributed by atoms with E-state index < -0.39 is 17.6 Å². The summed E-state index contributed by atoms with van der Waals surface area (Å²) in [6.07, 6.45) is 1.79. The van der Waals surface area contributed by atoms with Crippen LogP contribution in [0.25, 0.3) is 0 Å². The molecule has 0 aliphatic heterocycles. The average Bonchev–Trinajstić information content (AvgIpc) is 2.27. The van der Waals surface area contributed by atoms with Gasteiger partial charge in [0.2, 0.25) is 5.95 Å². The minimum atomic E-state index is -0.597. The number of halogens is 3. The van der Waals surface area contributed by atoms with E-state index in [4.69, 9.17) is 0 Å². The zero-order valence-corrected chi connectivity index (χ0v) is 9.46. The molecule has 94 valence electrons. The third kappa shape index (κ3) is 3.48. The van der Waals surface area contributed by atoms with Crippen LogP contribution in [-0.4, -0.2) is 11.5 Å². The number of benzene rings is 1. The lowest BCUT2D eigenvalue weighted by atomic mass is 10.1. The Bertz CT molecular complexity index is 523. The molecule has 1 aromatic heterocycles. The van der Waals surface area contributed by atoms with Gasteiger partial charge in [0.15, 0.2) is 0 Å². The van der Waals surface area contributed by atoms with Crippen molar-refractivity contribution in [3.05, 3.63) is 59.7 Å². The Morgan fingerprint density at radius 3 is 2.39 bits per heavy atom. The largest absolute Gasteiger partial charge is 0.385 e. The number of aromatic nitrogens is 1. The third-order valence-corrected chi connectivity index (χ3v) is 2.39. The molecule has 0 saturated carbocycles. The van der Waals surface area contributed by atoms with Gasteiger partial charge < -0.3 is 5.32 Å². The van der Waals surface area contributed by atoms with Gasteiger partial charge in [0.25, 0.3) is 0 Å². The van der Waals surface area contributed by atoms with Gasteiger partial charge in [-0.05, 0) is 30.2 Å². The number of hydrogen-bond donors (Lipinski definition) is 1. The molecular weight excluding hydrogens is 241 g/mol. The van der Waals surface area contributed by atoms with E-state index in [9.17, 15) is 13.2 Å². The molecule has 0 unspecified atom stereocenters. The lowest BCUT2D eigenvalue weighted by molar-refractivity contribution is 0.580. The summed E-state index contributed by atoms with van der Waals surface area (Å²) in [6.45, 7) is 0.451. The number of nitrogens with zero attached hydrogens (tertiary/aromatic N) is 1. The number of anilines is 1. The fraction of sp³-hybridized carbons (Fsp3) is 0.154. The quantitative estimate of drug-likeness (QED) is 0.845. The van der Waals surface area contributed by atoms with Crippen molar-refractivity contribution in [1.29, 1.82) is 0 Å². The summed E-state index contributed by atoms with van der Waals surface area (Å²) < 4.78 is 38.6. The van der Waals surface area contributed by atoms with E-state index >= 15 is 0 Å². The van der Waals surface area contributed by atoms with Crippen molar-refractivity contribution in [2.24, 2.45) is 0 Å². The standard InChI is InChI=1S/C13H11F3N2/c14-10-5-9(6-11(15)7-10)1-3-17-12-2-4-18-13(16)8-12/h2,4-8H,1,3H2,(H,17,18). The van der Waals surface area contributed by atoms with Crippen LogP contribution < -0.4 is 5.32 Å². The van der Waals surface area contributed by atoms with E-state index in [0.717, 1.165) is 6.07 Å². The SMILES string of the molecule is Fc1cc(F)cc(CCNc2ccnc(F)c2)c1. The summed E-state index contributed by atoms with van der Waals surface area (Å²) in [4.78, 5) is 3.42. The van der Waals surface area contributed by atoms with E-state index in [1.807, 2.05) is 0 Å². The van der Waals surface area contributed by atoms with Crippen molar-refractivity contribution < 1.29 is 13.2 Å². The molecule has 0 spiro atoms. The van der Waals surface area contributed by atoms with Crippen LogP contribution in [0, 0.1) is 17.6 Å². The van der Waals surface area contributed by atoms with Crippen LogP contribution >= 0.6 is 0 Å². The number of rotatable bonds is 4. The first-order chi connectivity index (χ1) is 8.63. The van der Waals surface area contributed by atoms with Gasteiger partial charge in [-0.25, -0.2) is 13.8 Å². The molecule has 0 radical (unpaired) electrons. The highest BCUT2D eigenvalue weighted by Gasteiger charge is 2.01. The fourth-order valence-electron chi connectivity index (χ4n) is 1.62. The first-order valence-corrected chi connectivity index (χ1v) is 5.44. The normalized spacial score (nSPS) is 10.4. The molecule has 0 bridgehead atoms. The molecule has 5 heteroatoms. The zero-order valence-electron chi connectivity index (χ0n) is 9.46. The van der Waals surface area contributed by atoms with Gasteiger partial charge in [0.1, 0.15) is 11.6 Å². The van der Waals surface area contributed by atoms with Gasteiger partial charge in [-0.2, -0.15) is 4.39 Å². The van der Waals surface area contributed by atoms with Crippen LogP contribution in [0.4, 0.5) is 18.9 Å². The van der Waals surface area contributed by atoms with Gasteiger partial charge >= 0.3 is 0 Å². The van der Waals surface area contributed by atoms with Gasteiger partial charge in [0, 0.05) is 30.6 Å². The number of nitrogens with one attached hydrogen (secondary N) is 1. The topological polar surface area (TPSA) is 24.9 Å². The van der Waals surface area contributed by atoms with Crippen molar-refractivity contribution in [3.8, 4) is 0 Å². The molecule has 0 atom stereocenters. The third-order valence-electron chi connectivity index (χ3n) is 2.39. The summed E-state index contributed by atoms with van der Waals surface area (Å²) in [5, 5.41) is 2.95. The maximum Gasteiger partial charge on any atom is 0.214 e. The Hall–Kier alpha value is -2.04. The second-order valence-electron chi connectivity index (χ2n) is 3.82. The molecule has 0 saturated heterocycles. The predicted molar refractivity (Wildman–Crippen MR) is 62.7 cm³/mol. The van der Waals surface area contributed by atoms with E-state index in [2.05, 4.69) is 10.3 Å². The van der Waals surface area contributed by atoms with E-state index in [-0.39, 0.29) is 0 Å². The molecule has 2 aromatic rings. The molecule has 2 rings (SSSR count). The Balaban J connectivity index is 1.92. The molecule has 1 N–H and O–H groups in total. The molecule has 1 heterocycles. The van der Waals surface area contributed by atoms with Crippen LogP contribution in [0.1, 0.15) is 5.56 Å². The van der Waals surface area contributed by atoms with Gasteiger partial charge in [0.05, 0.1) is 0 Å². The second kappa shape index (κ2) is 5.53. The van der Waals surface area contributed by atoms with Crippen LogP contribution in [0.5, 0.6) is 0 Å². The summed E-state index contributed by atoms with van der Waals surface area (Å²) in [5.41, 5.74) is 1.13. The second-order valence-corrected chi connectivity index (χ2v) is 3.82. The van der Waals surface area contributed by atoms with Crippen molar-refractivity contribution in [1.82, 2.24) is 4.98 Å². The summed E-state index contributed by atoms with van der Waals surface area (Å²) in [6, 6.07) is 6.26. The van der Waals surface area contributed by atoms with Gasteiger partial charge in [-0.1, -0.05) is 0 Å². The zero-order chi connectivity index (χ0) is 13.0. The average molecular weight is 252 g/mol. The first-order valence-electron chi connectivity index (χ1n) is 5.44. The summed E-state index contributed by atoms with van der Waals surface area (Å²) in [5.74, 6) is -1.77. The first kappa shape index (κ1) is 12.4. The molecule has 0 fully saturated rings. The van der Waals surface area contributed by atoms with E-state index in [1.54, 1.807) is 6.07 Å². The van der Waals surface area contributed by atoms with Crippen molar-refractivity contribution in [3.63, 3.8) is 0 Å². The van der Waals surface area contributed by atoms with Crippen LogP contribution in [-0.2, 0) is 6.42 Å². The van der Waals surface area contributed by atoms with Gasteiger partial charge in [-0.15, -0.1) is 0 Å². The Labute approximate surface area is 102 Å². The Kier molecular flexibility index (Phi) is 3.82. The monoisotopic (exact) mass is 252 g/mol. The van der Waals surface area contributed by atoms with Crippen molar-refractivity contribution in [2.75, 3.05) is 11.9 Å². The minimum absolute atomic E-state index is 0.443. The van der Waals surface area contributed by atoms with Crippen LogP contribution in [0.3, 0.4) is 0 Å². The molecule has 18 heavy (non-hydrogen) atoms. The predicted octanol–water partition coefficient (Wildman–Crippen LogP) is 3.15. The summed E-state index contributed by atoms with van der Waals surface area (Å²) >= 11 is 0. The molecule has 0 amide bonds. The summed E-state index contributed by atoms with van der Waals surface area (Å²) in [7, 11) is 0. The highest BCUT2D eigenvalue weighted by Crippen LogP contribution is 2.10. The highest BCUT2D eigenvalue weighted by atomic mass is 19.1. The smallest absolute Gasteiger partial charge is 0.214 e. The van der Waals surface area contributed by atoms with Crippen LogP contribution in [0.15, 0.2) is 36.5 Å². The molecule has 0 aliphatic carbocycles. The molecule has 1 aromatic carbocycles. The van der Waals surface area contributed by atoms with E-state index in [1.165, 1.54) is 24.4 Å². The van der Waals surface area contributed by atoms with E-state index in [0.29, 0.717) is 24.2 Å². The molecule has 2 nitrogen and oxygen atoms in total. The molecular formula is C13H11F3N2. The highest BCUT2D eigenvalue weighted by molar-refractivity contribution is 5.41. The van der Waals surface area contributed by atoms with Crippen molar-refractivity contribution >= 4 is 5.69 Å². The van der Waals surface area contributed by atoms with Gasteiger partial charge in [-0.3, -0.25) is 0 Å².